The molecule has 0 heterocycles. The predicted molar refractivity (Wildman–Crippen MR) is 95.9 cm³/mol. The molecule has 2 N–H and O–H groups in total. The van der Waals surface area contributed by atoms with Crippen molar-refractivity contribution in [1.29, 1.82) is 0 Å². The minimum absolute atomic E-state index is 0.00554. The first kappa shape index (κ1) is 16.5. The fourth-order valence-electron chi connectivity index (χ4n) is 2.37. The molecule has 0 aromatic heterocycles. The highest BCUT2D eigenvalue weighted by atomic mass is 79.9. The van der Waals surface area contributed by atoms with E-state index in [1.54, 1.807) is 12.1 Å². The van der Waals surface area contributed by atoms with E-state index in [-0.39, 0.29) is 14.9 Å². The summed E-state index contributed by atoms with van der Waals surface area (Å²) in [5, 5.41) is 10.7. The van der Waals surface area contributed by atoms with E-state index in [0.29, 0.717) is 5.69 Å². The third-order valence-electron chi connectivity index (χ3n) is 3.50. The molecule has 3 rings (SSSR count). The molecule has 5 nitrogen and oxygen atoms in total. The number of aromatic carboxylic acids is 1. The second-order valence-electron chi connectivity index (χ2n) is 5.08. The van der Waals surface area contributed by atoms with Gasteiger partial charge in [0.2, 0.25) is 0 Å². The van der Waals surface area contributed by atoms with Crippen LogP contribution in [0.1, 0.15) is 10.4 Å². The zero-order valence-corrected chi connectivity index (χ0v) is 14.6. The summed E-state index contributed by atoms with van der Waals surface area (Å²) < 4.78 is 28.1. The SMILES string of the molecule is O=C(O)c1ccc(S(=O)(=O)Nc2cccc3ccccc23)c(Br)c1. The van der Waals surface area contributed by atoms with Gasteiger partial charge in [-0.05, 0) is 45.6 Å². The van der Waals surface area contributed by atoms with Crippen molar-refractivity contribution in [1.82, 2.24) is 0 Å². The van der Waals surface area contributed by atoms with Crippen LogP contribution in [0, 0.1) is 0 Å². The van der Waals surface area contributed by atoms with Gasteiger partial charge in [0.05, 0.1) is 11.3 Å². The molecule has 0 aliphatic heterocycles. The van der Waals surface area contributed by atoms with Gasteiger partial charge in [-0.25, -0.2) is 13.2 Å². The van der Waals surface area contributed by atoms with Crippen molar-refractivity contribution >= 4 is 48.4 Å². The zero-order valence-electron chi connectivity index (χ0n) is 12.2. The molecule has 122 valence electrons. The maximum Gasteiger partial charge on any atom is 0.335 e. The van der Waals surface area contributed by atoms with Crippen LogP contribution < -0.4 is 4.72 Å². The Morgan fingerprint density at radius 2 is 1.71 bits per heavy atom. The molecule has 0 atom stereocenters. The molecule has 0 unspecified atom stereocenters. The molecule has 0 aliphatic rings. The molecule has 24 heavy (non-hydrogen) atoms. The summed E-state index contributed by atoms with van der Waals surface area (Å²) in [6, 6.07) is 16.6. The zero-order chi connectivity index (χ0) is 17.3. The fourth-order valence-corrected chi connectivity index (χ4v) is 4.52. The van der Waals surface area contributed by atoms with E-state index in [1.165, 1.54) is 18.2 Å². The minimum atomic E-state index is -3.87. The maximum atomic E-state index is 12.7. The number of sulfonamides is 1. The third kappa shape index (κ3) is 3.13. The number of hydrogen-bond donors (Lipinski definition) is 2. The lowest BCUT2D eigenvalue weighted by atomic mass is 10.1. The Hall–Kier alpha value is -2.38. The van der Waals surface area contributed by atoms with Gasteiger partial charge in [-0.1, -0.05) is 36.4 Å². The summed E-state index contributed by atoms with van der Waals surface area (Å²) in [6.45, 7) is 0. The fraction of sp³-hybridized carbons (Fsp3) is 0. The lowest BCUT2D eigenvalue weighted by Gasteiger charge is -2.12. The number of anilines is 1. The predicted octanol–water partition coefficient (Wildman–Crippen LogP) is 4.10. The van der Waals surface area contributed by atoms with Crippen LogP contribution in [0.15, 0.2) is 70.0 Å². The summed E-state index contributed by atoms with van der Waals surface area (Å²) in [4.78, 5) is 10.9. The molecule has 0 radical (unpaired) electrons. The highest BCUT2D eigenvalue weighted by Crippen LogP contribution is 2.29. The summed E-state index contributed by atoms with van der Waals surface area (Å²) in [6.07, 6.45) is 0. The largest absolute Gasteiger partial charge is 0.478 e. The quantitative estimate of drug-likeness (QED) is 0.684. The lowest BCUT2D eigenvalue weighted by Crippen LogP contribution is -2.14. The van der Waals surface area contributed by atoms with Gasteiger partial charge >= 0.3 is 5.97 Å². The van der Waals surface area contributed by atoms with E-state index in [9.17, 15) is 13.2 Å². The molecule has 7 heteroatoms. The Morgan fingerprint density at radius 1 is 1.00 bits per heavy atom. The number of nitrogens with one attached hydrogen (secondary N) is 1. The van der Waals surface area contributed by atoms with Crippen molar-refractivity contribution in [3.8, 4) is 0 Å². The molecule has 0 bridgehead atoms. The Kier molecular flexibility index (Phi) is 4.29. The highest BCUT2D eigenvalue weighted by Gasteiger charge is 2.20. The molecular formula is C17H12BrNO4S. The van der Waals surface area contributed by atoms with Gasteiger partial charge in [-0.2, -0.15) is 0 Å². The Balaban J connectivity index is 2.04. The normalized spacial score (nSPS) is 11.4. The van der Waals surface area contributed by atoms with Crippen LogP contribution in [-0.2, 0) is 10.0 Å². The number of benzene rings is 3. The van der Waals surface area contributed by atoms with Crippen molar-refractivity contribution in [2.75, 3.05) is 4.72 Å². The third-order valence-corrected chi connectivity index (χ3v) is 5.84. The van der Waals surface area contributed by atoms with Gasteiger partial charge in [0.1, 0.15) is 4.90 Å². The topological polar surface area (TPSA) is 83.5 Å². The van der Waals surface area contributed by atoms with Crippen LogP contribution in [0.5, 0.6) is 0 Å². The second-order valence-corrected chi connectivity index (χ2v) is 7.59. The average molecular weight is 406 g/mol. The van der Waals surface area contributed by atoms with Gasteiger partial charge in [-0.15, -0.1) is 0 Å². The first-order chi connectivity index (χ1) is 11.4. The molecule has 0 fully saturated rings. The number of rotatable bonds is 4. The molecule has 0 saturated carbocycles. The van der Waals surface area contributed by atoms with Gasteiger partial charge < -0.3 is 5.11 Å². The molecule has 0 saturated heterocycles. The lowest BCUT2D eigenvalue weighted by molar-refractivity contribution is 0.0696. The average Bonchev–Trinajstić information content (AvgIpc) is 2.54. The van der Waals surface area contributed by atoms with Gasteiger partial charge in [0, 0.05) is 9.86 Å². The molecule has 0 amide bonds. The van der Waals surface area contributed by atoms with Crippen molar-refractivity contribution < 1.29 is 18.3 Å². The maximum absolute atomic E-state index is 12.7. The monoisotopic (exact) mass is 405 g/mol. The molecule has 3 aromatic rings. The standard InChI is InChI=1S/C17H12BrNO4S/c18-14-10-12(17(20)21)8-9-16(14)24(22,23)19-15-7-3-5-11-4-1-2-6-13(11)15/h1-10,19H,(H,20,21). The van der Waals surface area contributed by atoms with E-state index in [2.05, 4.69) is 20.7 Å². The van der Waals surface area contributed by atoms with Crippen LogP contribution in [0.2, 0.25) is 0 Å². The summed E-state index contributed by atoms with van der Waals surface area (Å²) in [7, 11) is -3.87. The summed E-state index contributed by atoms with van der Waals surface area (Å²) in [5.41, 5.74) is 0.466. The van der Waals surface area contributed by atoms with E-state index in [4.69, 9.17) is 5.11 Å². The van der Waals surface area contributed by atoms with Crippen molar-refractivity contribution in [3.05, 3.63) is 70.7 Å². The van der Waals surface area contributed by atoms with Crippen LogP contribution in [-0.4, -0.2) is 19.5 Å². The van der Waals surface area contributed by atoms with E-state index < -0.39 is 16.0 Å². The van der Waals surface area contributed by atoms with Crippen molar-refractivity contribution in [3.63, 3.8) is 0 Å². The first-order valence-electron chi connectivity index (χ1n) is 6.92. The Morgan fingerprint density at radius 3 is 2.42 bits per heavy atom. The molecule has 0 aliphatic carbocycles. The number of fused-ring (bicyclic) bond motifs is 1. The number of carbonyl (C=O) groups is 1. The van der Waals surface area contributed by atoms with Crippen LogP contribution >= 0.6 is 15.9 Å². The van der Waals surface area contributed by atoms with Crippen LogP contribution in [0.25, 0.3) is 10.8 Å². The number of carboxylic acids is 1. The van der Waals surface area contributed by atoms with E-state index >= 15 is 0 Å². The van der Waals surface area contributed by atoms with Crippen LogP contribution in [0.3, 0.4) is 0 Å². The van der Waals surface area contributed by atoms with Crippen LogP contribution in [0.4, 0.5) is 5.69 Å². The summed E-state index contributed by atoms with van der Waals surface area (Å²) in [5.74, 6) is -1.12. The van der Waals surface area contributed by atoms with Gasteiger partial charge in [0.25, 0.3) is 10.0 Å². The highest BCUT2D eigenvalue weighted by molar-refractivity contribution is 9.10. The smallest absolute Gasteiger partial charge is 0.335 e. The van der Waals surface area contributed by atoms with Gasteiger partial charge in [0.15, 0.2) is 0 Å². The Labute approximate surface area is 147 Å². The minimum Gasteiger partial charge on any atom is -0.478 e. The first-order valence-corrected chi connectivity index (χ1v) is 9.19. The molecular weight excluding hydrogens is 394 g/mol. The van der Waals surface area contributed by atoms with E-state index in [1.807, 2.05) is 30.3 Å². The summed E-state index contributed by atoms with van der Waals surface area (Å²) >= 11 is 3.13. The van der Waals surface area contributed by atoms with Crippen molar-refractivity contribution in [2.24, 2.45) is 0 Å². The number of carboxylic acid groups (broad SMARTS) is 1. The second kappa shape index (κ2) is 6.26. The number of halogens is 1. The molecule has 3 aromatic carbocycles. The number of hydrogen-bond acceptors (Lipinski definition) is 3. The van der Waals surface area contributed by atoms with Crippen molar-refractivity contribution in [2.45, 2.75) is 4.90 Å². The molecule has 0 spiro atoms. The van der Waals surface area contributed by atoms with E-state index in [0.717, 1.165) is 10.8 Å². The Bertz CT molecular complexity index is 1040. The van der Waals surface area contributed by atoms with Gasteiger partial charge in [-0.3, -0.25) is 4.72 Å².